The van der Waals surface area contributed by atoms with Crippen molar-refractivity contribution in [3.63, 3.8) is 0 Å². The Morgan fingerprint density at radius 3 is 3.14 bits per heavy atom. The Balaban J connectivity index is 1.63. The van der Waals surface area contributed by atoms with Crippen molar-refractivity contribution in [2.24, 2.45) is 0 Å². The molecule has 0 saturated carbocycles. The number of hydrogen-bond donors (Lipinski definition) is 2. The fourth-order valence-corrected chi connectivity index (χ4v) is 3.59. The fourth-order valence-electron chi connectivity index (χ4n) is 2.31. The highest BCUT2D eigenvalue weighted by Gasteiger charge is 2.22. The molecule has 0 spiro atoms. The average molecular weight is 323 g/mol. The van der Waals surface area contributed by atoms with Crippen molar-refractivity contribution >= 4 is 29.4 Å². The maximum atomic E-state index is 12.0. The highest BCUT2D eigenvalue weighted by Crippen LogP contribution is 2.37. The molecule has 3 rings (SSSR count). The summed E-state index contributed by atoms with van der Waals surface area (Å²) in [5.74, 6) is 1.71. The number of furan rings is 1. The Morgan fingerprint density at radius 2 is 2.33 bits per heavy atom. The van der Waals surface area contributed by atoms with E-state index in [-0.39, 0.29) is 12.1 Å². The summed E-state index contributed by atoms with van der Waals surface area (Å²) in [6.45, 7) is 0.378. The zero-order valence-electron chi connectivity index (χ0n) is 11.3. The topological polar surface area (TPSA) is 54.3 Å². The van der Waals surface area contributed by atoms with Crippen LogP contribution in [0.25, 0.3) is 0 Å². The van der Waals surface area contributed by atoms with Crippen LogP contribution in [0.2, 0.25) is 5.02 Å². The van der Waals surface area contributed by atoms with E-state index in [1.807, 2.05) is 24.3 Å². The van der Waals surface area contributed by atoms with Gasteiger partial charge in [-0.2, -0.15) is 0 Å². The molecular weight excluding hydrogens is 308 g/mol. The predicted molar refractivity (Wildman–Crippen MR) is 83.6 cm³/mol. The van der Waals surface area contributed by atoms with E-state index in [0.29, 0.717) is 11.6 Å². The molecule has 2 aromatic rings. The largest absolute Gasteiger partial charge is 0.467 e. The monoisotopic (exact) mass is 322 g/mol. The molecular formula is C15H15ClN2O2S. The average Bonchev–Trinajstić information content (AvgIpc) is 2.99. The van der Waals surface area contributed by atoms with Crippen molar-refractivity contribution in [1.82, 2.24) is 10.6 Å². The van der Waals surface area contributed by atoms with Gasteiger partial charge in [-0.05, 0) is 42.3 Å². The molecule has 0 saturated heterocycles. The fraction of sp³-hybridized carbons (Fsp3) is 0.267. The van der Waals surface area contributed by atoms with Crippen molar-refractivity contribution in [3.05, 3.63) is 52.9 Å². The van der Waals surface area contributed by atoms with Gasteiger partial charge in [-0.3, -0.25) is 0 Å². The van der Waals surface area contributed by atoms with Gasteiger partial charge in [0.1, 0.15) is 5.76 Å². The third-order valence-electron chi connectivity index (χ3n) is 3.32. The van der Waals surface area contributed by atoms with Gasteiger partial charge in [0, 0.05) is 15.7 Å². The first-order valence-corrected chi connectivity index (χ1v) is 8.08. The molecule has 0 fully saturated rings. The summed E-state index contributed by atoms with van der Waals surface area (Å²) in [6, 6.07) is 9.24. The van der Waals surface area contributed by atoms with Gasteiger partial charge in [0.25, 0.3) is 0 Å². The third kappa shape index (κ3) is 3.54. The lowest BCUT2D eigenvalue weighted by atomic mass is 10.0. The van der Waals surface area contributed by atoms with Crippen molar-refractivity contribution in [2.75, 3.05) is 5.75 Å². The minimum absolute atomic E-state index is 0.00319. The molecule has 1 atom stereocenters. The van der Waals surface area contributed by atoms with Crippen LogP contribution in [0.1, 0.15) is 23.8 Å². The Kier molecular flexibility index (Phi) is 4.41. The Hall–Kier alpha value is -1.59. The number of rotatable bonds is 3. The van der Waals surface area contributed by atoms with E-state index in [2.05, 4.69) is 10.6 Å². The molecule has 2 heterocycles. The van der Waals surface area contributed by atoms with Gasteiger partial charge >= 0.3 is 6.03 Å². The van der Waals surface area contributed by atoms with Crippen LogP contribution in [-0.4, -0.2) is 11.8 Å². The summed E-state index contributed by atoms with van der Waals surface area (Å²) >= 11 is 7.85. The first kappa shape index (κ1) is 14.4. The molecule has 6 heteroatoms. The third-order valence-corrected chi connectivity index (χ3v) is 4.68. The second-order valence-corrected chi connectivity index (χ2v) is 6.35. The maximum absolute atomic E-state index is 12.0. The van der Waals surface area contributed by atoms with Crippen LogP contribution in [-0.2, 0) is 6.54 Å². The first-order valence-electron chi connectivity index (χ1n) is 6.71. The molecule has 2 amide bonds. The number of amides is 2. The molecule has 0 radical (unpaired) electrons. The lowest BCUT2D eigenvalue weighted by Crippen LogP contribution is -2.38. The minimum atomic E-state index is -0.200. The van der Waals surface area contributed by atoms with E-state index in [1.54, 1.807) is 24.1 Å². The maximum Gasteiger partial charge on any atom is 0.315 e. The van der Waals surface area contributed by atoms with Gasteiger partial charge in [0.15, 0.2) is 0 Å². The minimum Gasteiger partial charge on any atom is -0.467 e. The van der Waals surface area contributed by atoms with Crippen LogP contribution in [0.4, 0.5) is 4.79 Å². The Morgan fingerprint density at radius 1 is 1.43 bits per heavy atom. The van der Waals surface area contributed by atoms with Crippen molar-refractivity contribution < 1.29 is 9.21 Å². The second kappa shape index (κ2) is 6.45. The van der Waals surface area contributed by atoms with Gasteiger partial charge in [-0.25, -0.2) is 4.79 Å². The van der Waals surface area contributed by atoms with Gasteiger partial charge in [-0.1, -0.05) is 11.6 Å². The standard InChI is InChI=1S/C15H15ClN2O2S/c16-10-3-4-14-12(8-10)13(5-7-21-14)18-15(19)17-9-11-2-1-6-20-11/h1-4,6,8,13H,5,7,9H2,(H2,17,18,19)/t13-/m1/s1. The van der Waals surface area contributed by atoms with E-state index in [4.69, 9.17) is 16.0 Å². The summed E-state index contributed by atoms with van der Waals surface area (Å²) in [5.41, 5.74) is 1.09. The number of fused-ring (bicyclic) bond motifs is 1. The van der Waals surface area contributed by atoms with Crippen LogP contribution < -0.4 is 10.6 Å². The smallest absolute Gasteiger partial charge is 0.315 e. The van der Waals surface area contributed by atoms with Crippen LogP contribution in [0.3, 0.4) is 0 Å². The van der Waals surface area contributed by atoms with E-state index >= 15 is 0 Å². The number of benzene rings is 1. The number of carbonyl (C=O) groups is 1. The van der Waals surface area contributed by atoms with Gasteiger partial charge < -0.3 is 15.1 Å². The van der Waals surface area contributed by atoms with E-state index in [1.165, 1.54) is 4.90 Å². The van der Waals surface area contributed by atoms with Crippen LogP contribution in [0.5, 0.6) is 0 Å². The molecule has 1 aromatic carbocycles. The van der Waals surface area contributed by atoms with Crippen LogP contribution in [0.15, 0.2) is 45.9 Å². The van der Waals surface area contributed by atoms with E-state index in [0.717, 1.165) is 23.5 Å². The number of carbonyl (C=O) groups excluding carboxylic acids is 1. The van der Waals surface area contributed by atoms with Gasteiger partial charge in [-0.15, -0.1) is 11.8 Å². The van der Waals surface area contributed by atoms with Gasteiger partial charge in [0.2, 0.25) is 0 Å². The van der Waals surface area contributed by atoms with Crippen molar-refractivity contribution in [2.45, 2.75) is 23.9 Å². The zero-order valence-corrected chi connectivity index (χ0v) is 12.8. The zero-order chi connectivity index (χ0) is 14.7. The number of halogens is 1. The summed E-state index contributed by atoms with van der Waals surface area (Å²) in [5, 5.41) is 6.49. The Labute approximate surface area is 132 Å². The normalized spacial score (nSPS) is 17.1. The van der Waals surface area contributed by atoms with E-state index in [9.17, 15) is 4.79 Å². The second-order valence-electron chi connectivity index (χ2n) is 4.78. The molecule has 1 aliphatic rings. The molecule has 21 heavy (non-hydrogen) atoms. The highest BCUT2D eigenvalue weighted by molar-refractivity contribution is 7.99. The number of urea groups is 1. The van der Waals surface area contributed by atoms with Crippen LogP contribution >= 0.6 is 23.4 Å². The van der Waals surface area contributed by atoms with Crippen molar-refractivity contribution in [1.29, 1.82) is 0 Å². The lowest BCUT2D eigenvalue weighted by Gasteiger charge is -2.26. The number of hydrogen-bond acceptors (Lipinski definition) is 3. The number of nitrogens with one attached hydrogen (secondary N) is 2. The summed E-state index contributed by atoms with van der Waals surface area (Å²) < 4.78 is 5.18. The number of thioether (sulfide) groups is 1. The molecule has 110 valence electrons. The van der Waals surface area contributed by atoms with Crippen molar-refractivity contribution in [3.8, 4) is 0 Å². The molecule has 0 bridgehead atoms. The first-order chi connectivity index (χ1) is 10.2. The van der Waals surface area contributed by atoms with Crippen LogP contribution in [0, 0.1) is 0 Å². The summed E-state index contributed by atoms with van der Waals surface area (Å²) in [7, 11) is 0. The molecule has 1 aromatic heterocycles. The lowest BCUT2D eigenvalue weighted by molar-refractivity contribution is 0.235. The highest BCUT2D eigenvalue weighted by atomic mass is 35.5. The van der Waals surface area contributed by atoms with Gasteiger partial charge in [0.05, 0.1) is 18.8 Å². The summed E-state index contributed by atoms with van der Waals surface area (Å²) in [4.78, 5) is 13.2. The SMILES string of the molecule is O=C(NCc1ccco1)N[C@@H]1CCSc2ccc(Cl)cc21. The summed E-state index contributed by atoms with van der Waals surface area (Å²) in [6.07, 6.45) is 2.48. The quantitative estimate of drug-likeness (QED) is 0.899. The molecule has 0 unspecified atom stereocenters. The molecule has 1 aliphatic heterocycles. The molecule has 2 N–H and O–H groups in total. The Bertz CT molecular complexity index is 631. The molecule has 0 aliphatic carbocycles. The van der Waals surface area contributed by atoms with E-state index < -0.39 is 0 Å². The molecule has 4 nitrogen and oxygen atoms in total. The predicted octanol–water partition coefficient (Wildman–Crippen LogP) is 3.97.